The number of nitrogens with zero attached hydrogens (tertiary/aromatic N) is 2. The normalized spacial score (nSPS) is 11.8. The Bertz CT molecular complexity index is 1090. The summed E-state index contributed by atoms with van der Waals surface area (Å²) in [5.41, 5.74) is 4.30. The summed E-state index contributed by atoms with van der Waals surface area (Å²) in [6, 6.07) is 13.5. The van der Waals surface area contributed by atoms with Crippen molar-refractivity contribution in [1.29, 1.82) is 0 Å². The van der Waals surface area contributed by atoms with Gasteiger partial charge in [-0.05, 0) is 38.5 Å². The molecule has 0 radical (unpaired) electrons. The van der Waals surface area contributed by atoms with E-state index in [2.05, 4.69) is 10.4 Å². The van der Waals surface area contributed by atoms with Crippen LogP contribution in [-0.4, -0.2) is 28.8 Å². The van der Waals surface area contributed by atoms with Crippen molar-refractivity contribution in [1.82, 2.24) is 15.1 Å². The number of rotatable bonds is 7. The van der Waals surface area contributed by atoms with Crippen LogP contribution in [0.15, 0.2) is 48.5 Å². The van der Waals surface area contributed by atoms with Gasteiger partial charge in [-0.15, -0.1) is 0 Å². The molecular formula is C24H26FN3O3. The van der Waals surface area contributed by atoms with Gasteiger partial charge in [-0.2, -0.15) is 5.10 Å². The molecule has 7 heteroatoms. The highest BCUT2D eigenvalue weighted by molar-refractivity contribution is 5.80. The lowest BCUT2D eigenvalue weighted by Gasteiger charge is -2.18. The topological polar surface area (TPSA) is 73.2 Å². The van der Waals surface area contributed by atoms with Gasteiger partial charge in [-0.1, -0.05) is 42.0 Å². The fourth-order valence-electron chi connectivity index (χ4n) is 3.50. The summed E-state index contributed by atoms with van der Waals surface area (Å²) in [5.74, 6) is -1.05. The number of halogens is 1. The summed E-state index contributed by atoms with van der Waals surface area (Å²) in [5, 5.41) is 7.36. The van der Waals surface area contributed by atoms with Gasteiger partial charge < -0.3 is 10.1 Å². The number of para-hydroxylation sites is 1. The Labute approximate surface area is 181 Å². The molecule has 1 aromatic heterocycles. The summed E-state index contributed by atoms with van der Waals surface area (Å²) in [4.78, 5) is 24.8. The molecule has 31 heavy (non-hydrogen) atoms. The number of amides is 1. The van der Waals surface area contributed by atoms with Crippen LogP contribution in [0.1, 0.15) is 40.5 Å². The van der Waals surface area contributed by atoms with E-state index in [-0.39, 0.29) is 24.6 Å². The van der Waals surface area contributed by atoms with Gasteiger partial charge >= 0.3 is 5.97 Å². The largest absolute Gasteiger partial charge is 0.469 e. The third-order valence-electron chi connectivity index (χ3n) is 5.27. The molecule has 0 spiro atoms. The standard InChI is InChI=1S/C24H26FN3O3/c1-15-9-11-18(12-10-15)21(14-24(30)31-4)26-23(29)13-19-16(2)27-28(17(19)3)22-8-6-5-7-20(22)25/h5-12,21H,13-14H2,1-4H3,(H,26,29)/t21-/m1/s1. The van der Waals surface area contributed by atoms with E-state index in [9.17, 15) is 14.0 Å². The quantitative estimate of drug-likeness (QED) is 0.585. The van der Waals surface area contributed by atoms with E-state index in [0.717, 1.165) is 16.7 Å². The molecule has 0 unspecified atom stereocenters. The van der Waals surface area contributed by atoms with Crippen molar-refractivity contribution in [3.8, 4) is 5.69 Å². The average molecular weight is 423 g/mol. The van der Waals surface area contributed by atoms with E-state index >= 15 is 0 Å². The first-order chi connectivity index (χ1) is 14.8. The summed E-state index contributed by atoms with van der Waals surface area (Å²) in [6.45, 7) is 5.57. The third-order valence-corrected chi connectivity index (χ3v) is 5.27. The zero-order valence-electron chi connectivity index (χ0n) is 18.1. The van der Waals surface area contributed by atoms with Crippen LogP contribution >= 0.6 is 0 Å². The van der Waals surface area contributed by atoms with Crippen LogP contribution in [0.2, 0.25) is 0 Å². The van der Waals surface area contributed by atoms with Crippen molar-refractivity contribution in [2.75, 3.05) is 7.11 Å². The number of methoxy groups -OCH3 is 1. The second-order valence-electron chi connectivity index (χ2n) is 7.50. The Hall–Kier alpha value is -3.48. The van der Waals surface area contributed by atoms with Gasteiger partial charge in [-0.3, -0.25) is 9.59 Å². The molecule has 1 heterocycles. The molecule has 1 atom stereocenters. The van der Waals surface area contributed by atoms with Gasteiger partial charge in [-0.25, -0.2) is 9.07 Å². The van der Waals surface area contributed by atoms with E-state index in [1.165, 1.54) is 17.9 Å². The van der Waals surface area contributed by atoms with E-state index in [0.29, 0.717) is 17.1 Å². The van der Waals surface area contributed by atoms with Crippen molar-refractivity contribution in [2.24, 2.45) is 0 Å². The van der Waals surface area contributed by atoms with Crippen LogP contribution in [-0.2, 0) is 20.7 Å². The van der Waals surface area contributed by atoms with Gasteiger partial charge in [0, 0.05) is 11.3 Å². The minimum Gasteiger partial charge on any atom is -0.469 e. The first kappa shape index (κ1) is 22.2. The molecule has 0 saturated heterocycles. The number of aryl methyl sites for hydroxylation is 2. The smallest absolute Gasteiger partial charge is 0.307 e. The molecule has 3 rings (SSSR count). The van der Waals surface area contributed by atoms with E-state index in [1.807, 2.05) is 31.2 Å². The van der Waals surface area contributed by atoms with Crippen LogP contribution in [0.4, 0.5) is 4.39 Å². The second-order valence-corrected chi connectivity index (χ2v) is 7.50. The number of carbonyl (C=O) groups excluding carboxylic acids is 2. The van der Waals surface area contributed by atoms with Crippen LogP contribution < -0.4 is 5.32 Å². The van der Waals surface area contributed by atoms with Gasteiger partial charge in [0.05, 0.1) is 31.7 Å². The van der Waals surface area contributed by atoms with Crippen LogP contribution in [0.3, 0.4) is 0 Å². The number of aromatic nitrogens is 2. The van der Waals surface area contributed by atoms with Crippen molar-refractivity contribution in [2.45, 2.75) is 39.7 Å². The molecular weight excluding hydrogens is 397 g/mol. The fourth-order valence-corrected chi connectivity index (χ4v) is 3.50. The highest BCUT2D eigenvalue weighted by Gasteiger charge is 2.22. The van der Waals surface area contributed by atoms with Crippen molar-refractivity contribution in [3.05, 3.63) is 82.4 Å². The molecule has 1 amide bonds. The second kappa shape index (κ2) is 9.55. The zero-order chi connectivity index (χ0) is 22.5. The molecule has 1 N–H and O–H groups in total. The van der Waals surface area contributed by atoms with Crippen molar-refractivity contribution < 1.29 is 18.7 Å². The number of ether oxygens (including phenoxy) is 1. The predicted molar refractivity (Wildman–Crippen MR) is 115 cm³/mol. The first-order valence-electron chi connectivity index (χ1n) is 10.0. The van der Waals surface area contributed by atoms with Crippen molar-refractivity contribution in [3.63, 3.8) is 0 Å². The van der Waals surface area contributed by atoms with E-state index in [4.69, 9.17) is 4.74 Å². The highest BCUT2D eigenvalue weighted by atomic mass is 19.1. The number of carbonyl (C=O) groups is 2. The molecule has 0 bridgehead atoms. The Balaban J connectivity index is 1.82. The zero-order valence-corrected chi connectivity index (χ0v) is 18.1. The van der Waals surface area contributed by atoms with Gasteiger partial charge in [0.1, 0.15) is 11.5 Å². The van der Waals surface area contributed by atoms with Gasteiger partial charge in [0.25, 0.3) is 0 Å². The monoisotopic (exact) mass is 423 g/mol. The Morgan fingerprint density at radius 3 is 2.42 bits per heavy atom. The molecule has 2 aromatic carbocycles. The molecule has 3 aromatic rings. The van der Waals surface area contributed by atoms with E-state index in [1.54, 1.807) is 32.0 Å². The number of hydrogen-bond donors (Lipinski definition) is 1. The maximum Gasteiger partial charge on any atom is 0.307 e. The maximum atomic E-state index is 14.2. The van der Waals surface area contributed by atoms with Crippen molar-refractivity contribution >= 4 is 11.9 Å². The Kier molecular flexibility index (Phi) is 6.84. The Morgan fingerprint density at radius 2 is 1.77 bits per heavy atom. The summed E-state index contributed by atoms with van der Waals surface area (Å²) in [6.07, 6.45) is 0.0907. The summed E-state index contributed by atoms with van der Waals surface area (Å²) in [7, 11) is 1.32. The predicted octanol–water partition coefficient (Wildman–Crippen LogP) is 3.90. The first-order valence-corrected chi connectivity index (χ1v) is 10.0. The average Bonchev–Trinajstić information content (AvgIpc) is 3.02. The third kappa shape index (κ3) is 5.17. The number of esters is 1. The number of nitrogens with one attached hydrogen (secondary N) is 1. The maximum absolute atomic E-state index is 14.2. The lowest BCUT2D eigenvalue weighted by molar-refractivity contribution is -0.141. The van der Waals surface area contributed by atoms with Gasteiger partial charge in [0.15, 0.2) is 0 Å². The number of hydrogen-bond acceptors (Lipinski definition) is 4. The Morgan fingerprint density at radius 1 is 1.10 bits per heavy atom. The molecule has 0 aliphatic carbocycles. The minimum absolute atomic E-state index is 0.0255. The molecule has 6 nitrogen and oxygen atoms in total. The molecule has 162 valence electrons. The highest BCUT2D eigenvalue weighted by Crippen LogP contribution is 2.22. The van der Waals surface area contributed by atoms with Gasteiger partial charge in [0.2, 0.25) is 5.91 Å². The van der Waals surface area contributed by atoms with Crippen LogP contribution in [0, 0.1) is 26.6 Å². The number of benzene rings is 2. The summed E-state index contributed by atoms with van der Waals surface area (Å²) < 4.78 is 20.5. The van der Waals surface area contributed by atoms with Crippen LogP contribution in [0.25, 0.3) is 5.69 Å². The lowest BCUT2D eigenvalue weighted by atomic mass is 10.0. The molecule has 0 aliphatic heterocycles. The van der Waals surface area contributed by atoms with E-state index < -0.39 is 12.0 Å². The molecule has 0 saturated carbocycles. The lowest BCUT2D eigenvalue weighted by Crippen LogP contribution is -2.32. The molecule has 0 fully saturated rings. The molecule has 0 aliphatic rings. The summed E-state index contributed by atoms with van der Waals surface area (Å²) >= 11 is 0. The van der Waals surface area contributed by atoms with Crippen LogP contribution in [0.5, 0.6) is 0 Å². The SMILES string of the molecule is COC(=O)C[C@@H](NC(=O)Cc1c(C)nn(-c2ccccc2F)c1C)c1ccc(C)cc1. The fraction of sp³-hybridized carbons (Fsp3) is 0.292. The minimum atomic E-state index is -0.511.